The van der Waals surface area contributed by atoms with Crippen molar-refractivity contribution in [1.82, 2.24) is 0 Å². The Morgan fingerprint density at radius 2 is 1.54 bits per heavy atom. The van der Waals surface area contributed by atoms with E-state index in [1.54, 1.807) is 0 Å². The van der Waals surface area contributed by atoms with Crippen LogP contribution in [-0.2, 0) is 15.5 Å². The van der Waals surface area contributed by atoms with Crippen LogP contribution < -0.4 is 10.4 Å². The predicted octanol–water partition coefficient (Wildman–Crippen LogP) is 4.22. The number of benzene rings is 2. The highest BCUT2D eigenvalue weighted by molar-refractivity contribution is 7.79. The van der Waals surface area contributed by atoms with Gasteiger partial charge in [0, 0.05) is 12.5 Å². The van der Waals surface area contributed by atoms with Gasteiger partial charge in [-0.1, -0.05) is 94.4 Å². The zero-order valence-electron chi connectivity index (χ0n) is 17.3. The molecule has 0 saturated carbocycles. The summed E-state index contributed by atoms with van der Waals surface area (Å²) >= 11 is -1.82. The molecular formula is C23H32O3SSi. The van der Waals surface area contributed by atoms with E-state index in [9.17, 15) is 8.76 Å². The summed E-state index contributed by atoms with van der Waals surface area (Å²) in [6.45, 7) is 13.1. The molecular weight excluding hydrogens is 384 g/mol. The third kappa shape index (κ3) is 5.09. The molecule has 0 aromatic heterocycles. The molecule has 0 aliphatic heterocycles. The summed E-state index contributed by atoms with van der Waals surface area (Å²) in [5.41, 5.74) is 0. The van der Waals surface area contributed by atoms with Crippen molar-refractivity contribution < 1.29 is 13.2 Å². The Bertz CT molecular complexity index is 732. The molecule has 0 spiro atoms. The summed E-state index contributed by atoms with van der Waals surface area (Å²) in [4.78, 5) is 0. The molecule has 0 radical (unpaired) electrons. The topological polar surface area (TPSA) is 46.5 Å². The van der Waals surface area contributed by atoms with Gasteiger partial charge in [0.2, 0.25) is 0 Å². The van der Waals surface area contributed by atoms with Crippen LogP contribution in [0.1, 0.15) is 27.7 Å². The molecule has 0 aliphatic rings. The molecule has 0 saturated heterocycles. The van der Waals surface area contributed by atoms with Gasteiger partial charge < -0.3 is 8.98 Å². The molecule has 0 aliphatic carbocycles. The average Bonchev–Trinajstić information content (AvgIpc) is 2.65. The fraction of sp³-hybridized carbons (Fsp3) is 0.391. The molecule has 1 N–H and O–H groups in total. The lowest BCUT2D eigenvalue weighted by Gasteiger charge is -2.44. The smallest absolute Gasteiger partial charge is 0.261 e. The maximum atomic E-state index is 11.3. The van der Waals surface area contributed by atoms with Crippen LogP contribution in [-0.4, -0.2) is 29.4 Å². The van der Waals surface area contributed by atoms with Gasteiger partial charge in [-0.15, -0.1) is 6.58 Å². The summed E-state index contributed by atoms with van der Waals surface area (Å²) in [5.74, 6) is 0.250. The van der Waals surface area contributed by atoms with E-state index < -0.39 is 19.4 Å². The Morgan fingerprint density at radius 1 is 1.07 bits per heavy atom. The number of hydrogen-bond acceptors (Lipinski definition) is 2. The molecule has 2 aromatic carbocycles. The van der Waals surface area contributed by atoms with Crippen molar-refractivity contribution in [1.29, 1.82) is 0 Å². The molecule has 0 fully saturated rings. The van der Waals surface area contributed by atoms with Crippen molar-refractivity contribution in [3.05, 3.63) is 73.3 Å². The summed E-state index contributed by atoms with van der Waals surface area (Å²) < 4.78 is 27.5. The first kappa shape index (κ1) is 22.8. The Hall–Kier alpha value is -1.53. The third-order valence-corrected chi connectivity index (χ3v) is 11.2. The standard InChI is InChI=1S/C23H32O3SSi/c1-6-20(19(2)18-27(24)25)17-26-28(23(3,4)5,21-13-9-7-10-14-21)22-15-11-8-12-16-22/h6-16,19-20H,1,17-18H2,2-5H3,(H,24,25). The quantitative estimate of drug-likeness (QED) is 0.378. The van der Waals surface area contributed by atoms with Crippen molar-refractivity contribution in [2.75, 3.05) is 12.4 Å². The van der Waals surface area contributed by atoms with Gasteiger partial charge in [-0.25, -0.2) is 4.21 Å². The first-order valence-corrected chi connectivity index (χ1v) is 12.9. The molecule has 152 valence electrons. The zero-order valence-corrected chi connectivity index (χ0v) is 19.1. The molecule has 2 rings (SSSR count). The van der Waals surface area contributed by atoms with E-state index in [1.807, 2.05) is 25.1 Å². The van der Waals surface area contributed by atoms with E-state index in [2.05, 4.69) is 75.9 Å². The maximum Gasteiger partial charge on any atom is 0.261 e. The average molecular weight is 417 g/mol. The molecule has 0 amide bonds. The highest BCUT2D eigenvalue weighted by atomic mass is 32.2. The Kier molecular flexibility index (Phi) is 7.95. The van der Waals surface area contributed by atoms with Gasteiger partial charge in [0.15, 0.2) is 11.1 Å². The summed E-state index contributed by atoms with van der Waals surface area (Å²) in [6, 6.07) is 21.0. The molecule has 28 heavy (non-hydrogen) atoms. The second-order valence-electron chi connectivity index (χ2n) is 8.34. The second kappa shape index (κ2) is 9.79. The van der Waals surface area contributed by atoms with E-state index in [0.717, 1.165) is 0 Å². The second-order valence-corrected chi connectivity index (χ2v) is 13.6. The summed E-state index contributed by atoms with van der Waals surface area (Å²) in [5, 5.41) is 2.37. The monoisotopic (exact) mass is 416 g/mol. The SMILES string of the molecule is C=CC(CO[Si](c1ccccc1)(c1ccccc1)C(C)(C)C)C(C)CS(=O)O. The molecule has 0 heterocycles. The van der Waals surface area contributed by atoms with Crippen LogP contribution in [0.2, 0.25) is 5.04 Å². The van der Waals surface area contributed by atoms with Crippen molar-refractivity contribution >= 4 is 29.8 Å². The minimum absolute atomic E-state index is 0.0118. The van der Waals surface area contributed by atoms with Gasteiger partial charge in [-0.05, 0) is 21.3 Å². The van der Waals surface area contributed by atoms with E-state index in [4.69, 9.17) is 4.43 Å². The fourth-order valence-corrected chi connectivity index (χ4v) is 9.09. The van der Waals surface area contributed by atoms with Crippen LogP contribution in [0.3, 0.4) is 0 Å². The van der Waals surface area contributed by atoms with Crippen molar-refractivity contribution in [2.24, 2.45) is 11.8 Å². The maximum absolute atomic E-state index is 11.3. The number of rotatable bonds is 9. The van der Waals surface area contributed by atoms with Crippen molar-refractivity contribution in [3.8, 4) is 0 Å². The lowest BCUT2D eigenvalue weighted by molar-refractivity contribution is 0.230. The lowest BCUT2D eigenvalue weighted by atomic mass is 9.97. The first-order valence-electron chi connectivity index (χ1n) is 9.67. The molecule has 0 bridgehead atoms. The molecule has 3 nitrogen and oxygen atoms in total. The largest absolute Gasteiger partial charge is 0.407 e. The Labute approximate surface area is 173 Å². The van der Waals surface area contributed by atoms with E-state index in [-0.39, 0.29) is 22.6 Å². The zero-order chi connectivity index (χ0) is 20.8. The fourth-order valence-electron chi connectivity index (χ4n) is 3.80. The highest BCUT2D eigenvalue weighted by Gasteiger charge is 2.50. The van der Waals surface area contributed by atoms with Gasteiger partial charge >= 0.3 is 0 Å². The van der Waals surface area contributed by atoms with Crippen LogP contribution in [0.5, 0.6) is 0 Å². The molecule has 5 heteroatoms. The molecule has 3 atom stereocenters. The van der Waals surface area contributed by atoms with Crippen LogP contribution in [0, 0.1) is 11.8 Å². The first-order chi connectivity index (χ1) is 13.2. The van der Waals surface area contributed by atoms with Gasteiger partial charge in [0.1, 0.15) is 0 Å². The summed E-state index contributed by atoms with van der Waals surface area (Å²) in [6.07, 6.45) is 1.86. The van der Waals surface area contributed by atoms with Gasteiger partial charge in [0.25, 0.3) is 8.32 Å². The van der Waals surface area contributed by atoms with E-state index in [1.165, 1.54) is 10.4 Å². The minimum Gasteiger partial charge on any atom is -0.407 e. The van der Waals surface area contributed by atoms with Gasteiger partial charge in [-0.3, -0.25) is 0 Å². The van der Waals surface area contributed by atoms with Gasteiger partial charge in [0.05, 0.1) is 5.75 Å². The van der Waals surface area contributed by atoms with E-state index >= 15 is 0 Å². The van der Waals surface area contributed by atoms with Crippen LogP contribution >= 0.6 is 0 Å². The highest BCUT2D eigenvalue weighted by Crippen LogP contribution is 2.37. The Balaban J connectivity index is 2.49. The molecule has 2 aromatic rings. The predicted molar refractivity (Wildman–Crippen MR) is 122 cm³/mol. The Morgan fingerprint density at radius 3 is 1.89 bits per heavy atom. The van der Waals surface area contributed by atoms with E-state index in [0.29, 0.717) is 6.61 Å². The third-order valence-electron chi connectivity index (χ3n) is 5.35. The number of hydrogen-bond donors (Lipinski definition) is 1. The van der Waals surface area contributed by atoms with Crippen LogP contribution in [0.4, 0.5) is 0 Å². The molecule has 3 unspecified atom stereocenters. The van der Waals surface area contributed by atoms with Crippen LogP contribution in [0.15, 0.2) is 73.3 Å². The van der Waals surface area contributed by atoms with Crippen molar-refractivity contribution in [3.63, 3.8) is 0 Å². The lowest BCUT2D eigenvalue weighted by Crippen LogP contribution is -2.67. The van der Waals surface area contributed by atoms with Crippen LogP contribution in [0.25, 0.3) is 0 Å². The van der Waals surface area contributed by atoms with Gasteiger partial charge in [-0.2, -0.15) is 0 Å². The van der Waals surface area contributed by atoms with Crippen molar-refractivity contribution in [2.45, 2.75) is 32.7 Å². The summed E-state index contributed by atoms with van der Waals surface area (Å²) in [7, 11) is -2.60. The minimum atomic E-state index is -2.60. The normalized spacial score (nSPS) is 15.6.